The molecule has 0 aromatic heterocycles. The lowest BCUT2D eigenvalue weighted by Crippen LogP contribution is -2.56. The summed E-state index contributed by atoms with van der Waals surface area (Å²) in [5.41, 5.74) is 3.47. The Kier molecular flexibility index (Phi) is 4.91. The summed E-state index contributed by atoms with van der Waals surface area (Å²) >= 11 is 3.28. The first-order chi connectivity index (χ1) is 10.2. The maximum Gasteiger partial charge on any atom is 0.127 e. The third-order valence-corrected chi connectivity index (χ3v) is 5.03. The van der Waals surface area contributed by atoms with Crippen LogP contribution < -0.4 is 11.3 Å². The maximum atomic E-state index is 14.0. The van der Waals surface area contributed by atoms with Crippen LogP contribution in [0.1, 0.15) is 18.4 Å². The molecule has 3 rings (SSSR count). The smallest absolute Gasteiger partial charge is 0.127 e. The van der Waals surface area contributed by atoms with Crippen LogP contribution in [0, 0.1) is 5.82 Å². The predicted molar refractivity (Wildman–Crippen MR) is 83.3 cm³/mol. The molecule has 2 saturated heterocycles. The average molecular weight is 358 g/mol. The molecule has 0 spiro atoms. The minimum Gasteiger partial charge on any atom is -0.374 e. The average Bonchev–Trinajstić information content (AvgIpc) is 2.94. The van der Waals surface area contributed by atoms with Gasteiger partial charge in [0.1, 0.15) is 5.82 Å². The Morgan fingerprint density at radius 2 is 2.38 bits per heavy atom. The van der Waals surface area contributed by atoms with Crippen LogP contribution in [-0.2, 0) is 11.2 Å². The number of fused-ring (bicyclic) bond motifs is 1. The lowest BCUT2D eigenvalue weighted by atomic mass is 9.99. The first-order valence-corrected chi connectivity index (χ1v) is 8.22. The zero-order valence-corrected chi connectivity index (χ0v) is 13.5. The molecule has 2 fully saturated rings. The van der Waals surface area contributed by atoms with Gasteiger partial charge in [0, 0.05) is 17.1 Å². The highest BCUT2D eigenvalue weighted by molar-refractivity contribution is 9.10. The third-order valence-electron chi connectivity index (χ3n) is 4.53. The van der Waals surface area contributed by atoms with Gasteiger partial charge in [-0.2, -0.15) is 0 Å². The number of nitrogens with two attached hydrogens (primary N) is 1. The van der Waals surface area contributed by atoms with Crippen LogP contribution in [0.3, 0.4) is 0 Å². The first-order valence-electron chi connectivity index (χ1n) is 7.43. The van der Waals surface area contributed by atoms with Crippen LogP contribution >= 0.6 is 15.9 Å². The molecule has 3 N–H and O–H groups in total. The summed E-state index contributed by atoms with van der Waals surface area (Å²) in [6, 6.07) is 5.61. The van der Waals surface area contributed by atoms with Crippen LogP contribution in [-0.4, -0.2) is 42.8 Å². The van der Waals surface area contributed by atoms with Crippen LogP contribution in [0.2, 0.25) is 0 Å². The van der Waals surface area contributed by atoms with E-state index in [2.05, 4.69) is 26.3 Å². The summed E-state index contributed by atoms with van der Waals surface area (Å²) < 4.78 is 20.7. The van der Waals surface area contributed by atoms with Gasteiger partial charge < -0.3 is 4.74 Å². The van der Waals surface area contributed by atoms with Crippen LogP contribution in [0.4, 0.5) is 4.39 Å². The lowest BCUT2D eigenvalue weighted by molar-refractivity contribution is -0.0645. The summed E-state index contributed by atoms with van der Waals surface area (Å²) in [4.78, 5) is 2.47. The third kappa shape index (κ3) is 3.46. The van der Waals surface area contributed by atoms with Gasteiger partial charge in [0.2, 0.25) is 0 Å². The van der Waals surface area contributed by atoms with E-state index in [1.54, 1.807) is 6.07 Å². The van der Waals surface area contributed by atoms with E-state index in [4.69, 9.17) is 10.6 Å². The van der Waals surface area contributed by atoms with E-state index >= 15 is 0 Å². The molecule has 4 nitrogen and oxygen atoms in total. The fourth-order valence-electron chi connectivity index (χ4n) is 3.31. The Hall–Kier alpha value is -0.530. The molecule has 0 amide bonds. The summed E-state index contributed by atoms with van der Waals surface area (Å²) in [5, 5.41) is 0. The van der Waals surface area contributed by atoms with Crippen molar-refractivity contribution in [1.82, 2.24) is 10.3 Å². The molecule has 6 heteroatoms. The summed E-state index contributed by atoms with van der Waals surface area (Å²) in [5.74, 6) is 5.48. The van der Waals surface area contributed by atoms with E-state index in [-0.39, 0.29) is 18.0 Å². The van der Waals surface area contributed by atoms with Crippen LogP contribution in [0.5, 0.6) is 0 Å². The quantitative estimate of drug-likeness (QED) is 0.637. The molecule has 0 bridgehead atoms. The highest BCUT2D eigenvalue weighted by Gasteiger charge is 2.35. The molecule has 2 aliphatic rings. The normalized spacial score (nSPS) is 27.6. The fraction of sp³-hybridized carbons (Fsp3) is 0.600. The van der Waals surface area contributed by atoms with Crippen molar-refractivity contribution in [3.63, 3.8) is 0 Å². The van der Waals surface area contributed by atoms with E-state index in [9.17, 15) is 4.39 Å². The Morgan fingerprint density at radius 1 is 1.52 bits per heavy atom. The van der Waals surface area contributed by atoms with Crippen molar-refractivity contribution in [3.05, 3.63) is 34.1 Å². The molecular formula is C15H21BrFN3O. The minimum absolute atomic E-state index is 0.00685. The van der Waals surface area contributed by atoms with Gasteiger partial charge in [0.05, 0.1) is 18.8 Å². The second-order valence-corrected chi connectivity index (χ2v) is 6.79. The van der Waals surface area contributed by atoms with Gasteiger partial charge in [0.25, 0.3) is 0 Å². The molecule has 1 aromatic carbocycles. The fourth-order valence-corrected chi connectivity index (χ4v) is 3.64. The monoisotopic (exact) mass is 357 g/mol. The zero-order chi connectivity index (χ0) is 14.8. The van der Waals surface area contributed by atoms with Crippen molar-refractivity contribution in [1.29, 1.82) is 0 Å². The van der Waals surface area contributed by atoms with E-state index in [0.717, 1.165) is 24.2 Å². The topological polar surface area (TPSA) is 50.5 Å². The Bertz CT molecular complexity index is 502. The van der Waals surface area contributed by atoms with Crippen molar-refractivity contribution in [2.75, 3.05) is 19.7 Å². The van der Waals surface area contributed by atoms with Crippen molar-refractivity contribution < 1.29 is 9.13 Å². The number of ether oxygens (including phenoxy) is 1. The highest BCUT2D eigenvalue weighted by Crippen LogP contribution is 2.25. The van der Waals surface area contributed by atoms with Crippen molar-refractivity contribution in [2.45, 2.75) is 37.5 Å². The molecule has 3 unspecified atom stereocenters. The van der Waals surface area contributed by atoms with Gasteiger partial charge in [0.15, 0.2) is 0 Å². The van der Waals surface area contributed by atoms with Gasteiger partial charge in [-0.25, -0.2) is 4.39 Å². The summed E-state index contributed by atoms with van der Waals surface area (Å²) in [6.07, 6.45) is 2.99. The molecule has 116 valence electrons. The number of benzene rings is 1. The van der Waals surface area contributed by atoms with Gasteiger partial charge in [-0.15, -0.1) is 0 Å². The number of hydrazine groups is 1. The number of morpholine rings is 1. The number of hydrogen-bond acceptors (Lipinski definition) is 4. The van der Waals surface area contributed by atoms with Crippen molar-refractivity contribution in [3.8, 4) is 0 Å². The Labute approximate surface area is 132 Å². The van der Waals surface area contributed by atoms with Crippen molar-refractivity contribution in [2.24, 2.45) is 5.84 Å². The van der Waals surface area contributed by atoms with E-state index in [0.29, 0.717) is 18.0 Å². The second-order valence-electron chi connectivity index (χ2n) is 5.88. The summed E-state index contributed by atoms with van der Waals surface area (Å²) in [7, 11) is 0. The van der Waals surface area contributed by atoms with Gasteiger partial charge in [-0.05, 0) is 43.5 Å². The number of nitrogens with one attached hydrogen (secondary N) is 1. The highest BCUT2D eigenvalue weighted by atomic mass is 79.9. The standard InChI is InChI=1S/C15H21BrFN3O/c16-11-4-3-10(13(17)7-11)6-14(19-18)15-8-20-5-1-2-12(20)9-21-15/h3-4,7,12,14-15,19H,1-2,5-6,8-9,18H2. The van der Waals surface area contributed by atoms with Crippen LogP contribution in [0.25, 0.3) is 0 Å². The van der Waals surface area contributed by atoms with Gasteiger partial charge in [-0.1, -0.05) is 22.0 Å². The van der Waals surface area contributed by atoms with Crippen molar-refractivity contribution >= 4 is 15.9 Å². The molecule has 0 saturated carbocycles. The largest absolute Gasteiger partial charge is 0.374 e. The van der Waals surface area contributed by atoms with E-state index < -0.39 is 0 Å². The molecule has 0 aliphatic carbocycles. The predicted octanol–water partition coefficient (Wildman–Crippen LogP) is 1.83. The first kappa shape index (κ1) is 15.4. The molecule has 2 aliphatic heterocycles. The molecular weight excluding hydrogens is 337 g/mol. The van der Waals surface area contributed by atoms with E-state index in [1.807, 2.05) is 6.07 Å². The molecule has 21 heavy (non-hydrogen) atoms. The number of rotatable bonds is 4. The Balaban J connectivity index is 1.67. The molecule has 1 aromatic rings. The van der Waals surface area contributed by atoms with Crippen LogP contribution in [0.15, 0.2) is 22.7 Å². The number of halogens is 2. The SMILES string of the molecule is NNC(Cc1ccc(Br)cc1F)C1CN2CCCC2CO1. The molecule has 0 radical (unpaired) electrons. The molecule has 3 atom stereocenters. The minimum atomic E-state index is -0.209. The second kappa shape index (κ2) is 6.71. The maximum absolute atomic E-state index is 14.0. The number of hydrogen-bond donors (Lipinski definition) is 2. The zero-order valence-electron chi connectivity index (χ0n) is 11.9. The van der Waals surface area contributed by atoms with E-state index in [1.165, 1.54) is 18.9 Å². The lowest BCUT2D eigenvalue weighted by Gasteiger charge is -2.38. The summed E-state index contributed by atoms with van der Waals surface area (Å²) in [6.45, 7) is 2.76. The van der Waals surface area contributed by atoms with Gasteiger partial charge in [-0.3, -0.25) is 16.2 Å². The Morgan fingerprint density at radius 3 is 3.14 bits per heavy atom. The number of nitrogens with zero attached hydrogens (tertiary/aromatic N) is 1. The molecule has 2 heterocycles. The van der Waals surface area contributed by atoms with Gasteiger partial charge >= 0.3 is 0 Å².